The van der Waals surface area contributed by atoms with Crippen molar-refractivity contribution in [3.05, 3.63) is 23.3 Å². The van der Waals surface area contributed by atoms with E-state index < -0.39 is 0 Å². The van der Waals surface area contributed by atoms with Gasteiger partial charge in [0.2, 0.25) is 0 Å². The molecule has 0 radical (unpaired) electrons. The van der Waals surface area contributed by atoms with Crippen molar-refractivity contribution >= 4 is 17.7 Å². The van der Waals surface area contributed by atoms with Gasteiger partial charge in [0.05, 0.1) is 23.9 Å². The summed E-state index contributed by atoms with van der Waals surface area (Å²) in [4.78, 5) is 23.4. The van der Waals surface area contributed by atoms with Crippen molar-refractivity contribution < 1.29 is 9.53 Å². The number of hydrogen-bond acceptors (Lipinski definition) is 6. The molecule has 5 nitrogen and oxygen atoms in total. The summed E-state index contributed by atoms with van der Waals surface area (Å²) >= 11 is 1.93. The van der Waals surface area contributed by atoms with Crippen LogP contribution in [-0.4, -0.2) is 52.5 Å². The average Bonchev–Trinajstić information content (AvgIpc) is 2.48. The zero-order valence-electron chi connectivity index (χ0n) is 13.0. The molecule has 2 heterocycles. The quantitative estimate of drug-likeness (QED) is 0.778. The van der Waals surface area contributed by atoms with Crippen molar-refractivity contribution in [2.24, 2.45) is 0 Å². The first-order chi connectivity index (χ1) is 10.2. The van der Waals surface area contributed by atoms with Gasteiger partial charge in [0, 0.05) is 24.2 Å². The zero-order chi connectivity index (χ0) is 15.2. The summed E-state index contributed by atoms with van der Waals surface area (Å²) < 4.78 is 5.09. The molecule has 0 bridgehead atoms. The highest BCUT2D eigenvalue weighted by atomic mass is 32.2. The van der Waals surface area contributed by atoms with Crippen molar-refractivity contribution in [1.29, 1.82) is 0 Å². The van der Waals surface area contributed by atoms with E-state index in [9.17, 15) is 4.79 Å². The third kappa shape index (κ3) is 3.95. The average molecular weight is 309 g/mol. The predicted molar refractivity (Wildman–Crippen MR) is 84.7 cm³/mol. The predicted octanol–water partition coefficient (Wildman–Crippen LogP) is 2.33. The van der Waals surface area contributed by atoms with E-state index in [1.807, 2.05) is 11.8 Å². The maximum atomic E-state index is 12.0. The Labute approximate surface area is 130 Å². The first kappa shape index (κ1) is 16.2. The van der Waals surface area contributed by atoms with E-state index in [0.717, 1.165) is 42.4 Å². The molecule has 1 unspecified atom stereocenters. The highest BCUT2D eigenvalue weighted by Gasteiger charge is 2.25. The van der Waals surface area contributed by atoms with Crippen molar-refractivity contribution in [1.82, 2.24) is 14.9 Å². The fourth-order valence-corrected chi connectivity index (χ4v) is 3.57. The van der Waals surface area contributed by atoms with Crippen LogP contribution in [0.5, 0.6) is 0 Å². The summed E-state index contributed by atoms with van der Waals surface area (Å²) in [6, 6.07) is 0.232. The third-order valence-corrected chi connectivity index (χ3v) is 4.59. The van der Waals surface area contributed by atoms with Gasteiger partial charge in [-0.05, 0) is 20.4 Å². The number of thioether (sulfide) groups is 1. The Balaban J connectivity index is 2.28. The van der Waals surface area contributed by atoms with E-state index in [2.05, 4.69) is 28.8 Å². The summed E-state index contributed by atoms with van der Waals surface area (Å²) in [5, 5.41) is 0. The van der Waals surface area contributed by atoms with Gasteiger partial charge in [0.25, 0.3) is 0 Å². The Kier molecular flexibility index (Phi) is 5.99. The fraction of sp³-hybridized carbons (Fsp3) is 0.667. The molecule has 116 valence electrons. The van der Waals surface area contributed by atoms with Gasteiger partial charge < -0.3 is 4.74 Å². The topological polar surface area (TPSA) is 55.3 Å². The molecule has 0 spiro atoms. The molecule has 0 aromatic carbocycles. The summed E-state index contributed by atoms with van der Waals surface area (Å²) in [5.41, 5.74) is 1.32. The van der Waals surface area contributed by atoms with Crippen LogP contribution in [0.3, 0.4) is 0 Å². The number of carbonyl (C=O) groups excluding carboxylic acids is 1. The smallest absolute Gasteiger partial charge is 0.341 e. The lowest BCUT2D eigenvalue weighted by molar-refractivity contribution is 0.0523. The first-order valence-corrected chi connectivity index (χ1v) is 8.63. The Bertz CT molecular complexity index is 496. The van der Waals surface area contributed by atoms with E-state index in [1.54, 1.807) is 13.1 Å². The Hall–Kier alpha value is -1.14. The number of aromatic nitrogens is 2. The van der Waals surface area contributed by atoms with Gasteiger partial charge in [0.15, 0.2) is 0 Å². The van der Waals surface area contributed by atoms with Crippen LogP contribution in [0.15, 0.2) is 6.20 Å². The number of nitrogens with zero attached hydrogens (tertiary/aromatic N) is 3. The number of carbonyl (C=O) groups is 1. The van der Waals surface area contributed by atoms with E-state index in [1.165, 1.54) is 0 Å². The van der Waals surface area contributed by atoms with E-state index in [4.69, 9.17) is 4.74 Å². The van der Waals surface area contributed by atoms with Crippen LogP contribution in [-0.2, 0) is 11.2 Å². The number of ether oxygens (including phenoxy) is 1. The molecule has 0 N–H and O–H groups in total. The summed E-state index contributed by atoms with van der Waals surface area (Å²) in [6.07, 6.45) is 3.35. The monoisotopic (exact) mass is 309 g/mol. The molecule has 6 heteroatoms. The van der Waals surface area contributed by atoms with Crippen LogP contribution in [0, 0.1) is 0 Å². The fourth-order valence-electron chi connectivity index (χ4n) is 2.36. The SMILES string of the molecule is CCCc1nc(C2CSCCN2C)ncc1C(=O)OCC. The van der Waals surface area contributed by atoms with E-state index >= 15 is 0 Å². The van der Waals surface area contributed by atoms with E-state index in [0.29, 0.717) is 12.2 Å². The van der Waals surface area contributed by atoms with Crippen molar-refractivity contribution in [3.8, 4) is 0 Å². The molecule has 1 aliphatic heterocycles. The van der Waals surface area contributed by atoms with Crippen LogP contribution < -0.4 is 0 Å². The molecule has 1 aliphatic rings. The highest BCUT2D eigenvalue weighted by Crippen LogP contribution is 2.26. The maximum Gasteiger partial charge on any atom is 0.341 e. The Morgan fingerprint density at radius 3 is 3.00 bits per heavy atom. The minimum atomic E-state index is -0.320. The lowest BCUT2D eigenvalue weighted by atomic mass is 10.1. The lowest BCUT2D eigenvalue weighted by Crippen LogP contribution is -2.34. The standard InChI is InChI=1S/C15H23N3O2S/c1-4-6-12-11(15(19)20-5-2)9-16-14(17-12)13-10-21-8-7-18(13)3/h9,13H,4-8,10H2,1-3H3. The number of rotatable bonds is 5. The molecule has 0 aliphatic carbocycles. The molecule has 1 atom stereocenters. The molecule has 1 aromatic heterocycles. The molecular formula is C15H23N3O2S. The molecule has 0 amide bonds. The summed E-state index contributed by atoms with van der Waals surface area (Å²) in [5.74, 6) is 2.65. The van der Waals surface area contributed by atoms with Crippen molar-refractivity contribution in [2.75, 3.05) is 31.7 Å². The molecule has 0 saturated carbocycles. The second kappa shape index (κ2) is 7.75. The Morgan fingerprint density at radius 1 is 1.52 bits per heavy atom. The number of aryl methyl sites for hydroxylation is 1. The van der Waals surface area contributed by atoms with Crippen molar-refractivity contribution in [3.63, 3.8) is 0 Å². The van der Waals surface area contributed by atoms with Gasteiger partial charge in [-0.1, -0.05) is 13.3 Å². The minimum absolute atomic E-state index is 0.232. The van der Waals surface area contributed by atoms with Crippen LogP contribution in [0.25, 0.3) is 0 Å². The van der Waals surface area contributed by atoms with Gasteiger partial charge in [-0.15, -0.1) is 0 Å². The van der Waals surface area contributed by atoms with E-state index in [-0.39, 0.29) is 12.0 Å². The van der Waals surface area contributed by atoms with Gasteiger partial charge in [0.1, 0.15) is 5.82 Å². The molecule has 1 aromatic rings. The molecular weight excluding hydrogens is 286 g/mol. The number of esters is 1. The largest absolute Gasteiger partial charge is 0.462 e. The minimum Gasteiger partial charge on any atom is -0.462 e. The maximum absolute atomic E-state index is 12.0. The summed E-state index contributed by atoms with van der Waals surface area (Å²) in [7, 11) is 2.10. The second-order valence-corrected chi connectivity index (χ2v) is 6.28. The first-order valence-electron chi connectivity index (χ1n) is 7.48. The van der Waals surface area contributed by atoms with Crippen LogP contribution in [0.4, 0.5) is 0 Å². The number of hydrogen-bond donors (Lipinski definition) is 0. The Morgan fingerprint density at radius 2 is 2.33 bits per heavy atom. The third-order valence-electron chi connectivity index (χ3n) is 3.56. The molecule has 1 saturated heterocycles. The normalized spacial score (nSPS) is 19.5. The van der Waals surface area contributed by atoms with Gasteiger partial charge in [-0.2, -0.15) is 11.8 Å². The van der Waals surface area contributed by atoms with Gasteiger partial charge in [-0.3, -0.25) is 4.90 Å². The molecule has 1 fully saturated rings. The van der Waals surface area contributed by atoms with Crippen LogP contribution in [0.2, 0.25) is 0 Å². The molecule has 21 heavy (non-hydrogen) atoms. The molecule has 2 rings (SSSR count). The van der Waals surface area contributed by atoms with Gasteiger partial charge in [-0.25, -0.2) is 14.8 Å². The van der Waals surface area contributed by atoms with Crippen molar-refractivity contribution in [2.45, 2.75) is 32.7 Å². The van der Waals surface area contributed by atoms with Crippen LogP contribution in [0.1, 0.15) is 48.2 Å². The highest BCUT2D eigenvalue weighted by molar-refractivity contribution is 7.99. The second-order valence-electron chi connectivity index (χ2n) is 5.13. The summed E-state index contributed by atoms with van der Waals surface area (Å²) in [6.45, 7) is 5.30. The zero-order valence-corrected chi connectivity index (χ0v) is 13.8. The lowest BCUT2D eigenvalue weighted by Gasteiger charge is -2.31. The van der Waals surface area contributed by atoms with Gasteiger partial charge >= 0.3 is 5.97 Å². The van der Waals surface area contributed by atoms with Crippen LogP contribution >= 0.6 is 11.8 Å².